The first-order valence-electron chi connectivity index (χ1n) is 5.67. The summed E-state index contributed by atoms with van der Waals surface area (Å²) in [6, 6.07) is 2.86. The van der Waals surface area contributed by atoms with Crippen molar-refractivity contribution in [3.8, 4) is 0 Å². The molecule has 0 amide bonds. The molecule has 0 saturated heterocycles. The first-order chi connectivity index (χ1) is 7.29. The van der Waals surface area contributed by atoms with E-state index in [1.807, 2.05) is 11.3 Å². The Hall–Kier alpha value is -0.380. The molecular formula is C12H19NOS. The van der Waals surface area contributed by atoms with E-state index in [0.717, 1.165) is 13.2 Å². The first-order valence-corrected chi connectivity index (χ1v) is 6.55. The quantitative estimate of drug-likeness (QED) is 0.832. The number of nitrogens with one attached hydrogen (secondary N) is 1. The Morgan fingerprint density at radius 1 is 1.53 bits per heavy atom. The average Bonchev–Trinajstić information content (AvgIpc) is 2.55. The van der Waals surface area contributed by atoms with Crippen LogP contribution in [0.25, 0.3) is 0 Å². The normalized spacial score (nSPS) is 25.2. The SMILES string of the molecule is CCOC1CC(NCc2sccc2C)C1. The molecule has 0 radical (unpaired) electrons. The van der Waals surface area contributed by atoms with E-state index in [1.165, 1.54) is 23.3 Å². The average molecular weight is 225 g/mol. The number of thiophene rings is 1. The van der Waals surface area contributed by atoms with Crippen molar-refractivity contribution in [2.24, 2.45) is 0 Å². The monoisotopic (exact) mass is 225 g/mol. The second kappa shape index (κ2) is 5.10. The molecule has 2 nitrogen and oxygen atoms in total. The fourth-order valence-electron chi connectivity index (χ4n) is 1.93. The van der Waals surface area contributed by atoms with Gasteiger partial charge in [0, 0.05) is 24.1 Å². The van der Waals surface area contributed by atoms with Crippen LogP contribution in [0.3, 0.4) is 0 Å². The Balaban J connectivity index is 1.66. The molecule has 84 valence electrons. The minimum Gasteiger partial charge on any atom is -0.378 e. The van der Waals surface area contributed by atoms with Crippen LogP contribution < -0.4 is 5.32 Å². The lowest BCUT2D eigenvalue weighted by molar-refractivity contribution is -0.0101. The Bertz CT molecular complexity index is 304. The standard InChI is InChI=1S/C12H19NOS/c1-3-14-11-6-10(7-11)13-8-12-9(2)4-5-15-12/h4-5,10-11,13H,3,6-8H2,1-2H3. The van der Waals surface area contributed by atoms with Gasteiger partial charge in [-0.2, -0.15) is 0 Å². The lowest BCUT2D eigenvalue weighted by atomic mass is 9.89. The molecule has 0 aromatic carbocycles. The molecule has 15 heavy (non-hydrogen) atoms. The van der Waals surface area contributed by atoms with Crippen molar-refractivity contribution < 1.29 is 4.74 Å². The zero-order chi connectivity index (χ0) is 10.7. The maximum Gasteiger partial charge on any atom is 0.0604 e. The van der Waals surface area contributed by atoms with E-state index in [2.05, 4.69) is 30.6 Å². The summed E-state index contributed by atoms with van der Waals surface area (Å²) in [6.45, 7) is 6.11. The summed E-state index contributed by atoms with van der Waals surface area (Å²) in [4.78, 5) is 1.47. The van der Waals surface area contributed by atoms with Gasteiger partial charge in [0.05, 0.1) is 6.10 Å². The maximum atomic E-state index is 5.53. The highest BCUT2D eigenvalue weighted by Crippen LogP contribution is 2.24. The van der Waals surface area contributed by atoms with Crippen molar-refractivity contribution in [1.29, 1.82) is 0 Å². The molecule has 1 aromatic heterocycles. The van der Waals surface area contributed by atoms with E-state index >= 15 is 0 Å². The highest BCUT2D eigenvalue weighted by molar-refractivity contribution is 7.10. The van der Waals surface area contributed by atoms with E-state index in [4.69, 9.17) is 4.74 Å². The third-order valence-corrected chi connectivity index (χ3v) is 4.04. The van der Waals surface area contributed by atoms with Gasteiger partial charge in [-0.05, 0) is 43.7 Å². The van der Waals surface area contributed by atoms with Gasteiger partial charge in [-0.15, -0.1) is 11.3 Å². The van der Waals surface area contributed by atoms with Gasteiger partial charge in [0.15, 0.2) is 0 Å². The fraction of sp³-hybridized carbons (Fsp3) is 0.667. The Labute approximate surface area is 95.6 Å². The third kappa shape index (κ3) is 2.80. The summed E-state index contributed by atoms with van der Waals surface area (Å²) >= 11 is 1.84. The predicted molar refractivity (Wildman–Crippen MR) is 64.3 cm³/mol. The summed E-state index contributed by atoms with van der Waals surface area (Å²) < 4.78 is 5.53. The summed E-state index contributed by atoms with van der Waals surface area (Å²) in [5.41, 5.74) is 1.41. The molecule has 0 atom stereocenters. The predicted octanol–water partition coefficient (Wildman–Crippen LogP) is 2.71. The topological polar surface area (TPSA) is 21.3 Å². The van der Waals surface area contributed by atoms with Crippen molar-refractivity contribution in [2.45, 2.75) is 45.4 Å². The Kier molecular flexibility index (Phi) is 3.78. The molecule has 1 N–H and O–H groups in total. The minimum absolute atomic E-state index is 0.511. The fourth-order valence-corrected chi connectivity index (χ4v) is 2.78. The largest absolute Gasteiger partial charge is 0.378 e. The molecular weight excluding hydrogens is 206 g/mol. The van der Waals surface area contributed by atoms with Crippen LogP contribution in [0, 0.1) is 6.92 Å². The van der Waals surface area contributed by atoms with Gasteiger partial charge in [0.1, 0.15) is 0 Å². The van der Waals surface area contributed by atoms with Crippen molar-refractivity contribution in [1.82, 2.24) is 5.32 Å². The second-order valence-electron chi connectivity index (χ2n) is 4.15. The molecule has 0 spiro atoms. The van der Waals surface area contributed by atoms with E-state index < -0.39 is 0 Å². The number of aryl methyl sites for hydroxylation is 1. The van der Waals surface area contributed by atoms with Gasteiger partial charge in [-0.3, -0.25) is 0 Å². The van der Waals surface area contributed by atoms with Gasteiger partial charge in [-0.1, -0.05) is 0 Å². The summed E-state index contributed by atoms with van der Waals surface area (Å²) in [7, 11) is 0. The second-order valence-corrected chi connectivity index (χ2v) is 5.15. The highest BCUT2D eigenvalue weighted by Gasteiger charge is 2.28. The van der Waals surface area contributed by atoms with Crippen molar-refractivity contribution >= 4 is 11.3 Å². The van der Waals surface area contributed by atoms with Crippen LogP contribution in [0.15, 0.2) is 11.4 Å². The number of hydrogen-bond acceptors (Lipinski definition) is 3. The van der Waals surface area contributed by atoms with E-state index in [1.54, 1.807) is 0 Å². The molecule has 1 aliphatic carbocycles. The van der Waals surface area contributed by atoms with E-state index in [-0.39, 0.29) is 0 Å². The summed E-state index contributed by atoms with van der Waals surface area (Å²) in [5.74, 6) is 0. The first kappa shape index (κ1) is 11.1. The Morgan fingerprint density at radius 3 is 2.93 bits per heavy atom. The van der Waals surface area contributed by atoms with Gasteiger partial charge in [0.2, 0.25) is 0 Å². The van der Waals surface area contributed by atoms with Crippen molar-refractivity contribution in [3.63, 3.8) is 0 Å². The number of ether oxygens (including phenoxy) is 1. The molecule has 0 aliphatic heterocycles. The molecule has 0 bridgehead atoms. The van der Waals surface area contributed by atoms with Crippen LogP contribution in [0.4, 0.5) is 0 Å². The molecule has 2 rings (SSSR count). The molecule has 1 aliphatic rings. The van der Waals surface area contributed by atoms with Crippen LogP contribution in [0.5, 0.6) is 0 Å². The van der Waals surface area contributed by atoms with Crippen molar-refractivity contribution in [2.75, 3.05) is 6.61 Å². The van der Waals surface area contributed by atoms with Gasteiger partial charge in [-0.25, -0.2) is 0 Å². The molecule has 1 aromatic rings. The third-order valence-electron chi connectivity index (χ3n) is 3.02. The molecule has 3 heteroatoms. The molecule has 1 heterocycles. The number of hydrogen-bond donors (Lipinski definition) is 1. The minimum atomic E-state index is 0.511. The van der Waals surface area contributed by atoms with Gasteiger partial charge >= 0.3 is 0 Å². The Morgan fingerprint density at radius 2 is 2.33 bits per heavy atom. The van der Waals surface area contributed by atoms with Crippen LogP contribution in [-0.2, 0) is 11.3 Å². The summed E-state index contributed by atoms with van der Waals surface area (Å²) in [6.07, 6.45) is 2.87. The molecule has 1 fully saturated rings. The number of rotatable bonds is 5. The lowest BCUT2D eigenvalue weighted by Crippen LogP contribution is -2.45. The van der Waals surface area contributed by atoms with Crippen LogP contribution in [0.1, 0.15) is 30.2 Å². The lowest BCUT2D eigenvalue weighted by Gasteiger charge is -2.35. The smallest absolute Gasteiger partial charge is 0.0604 e. The highest BCUT2D eigenvalue weighted by atomic mass is 32.1. The molecule has 0 unspecified atom stereocenters. The van der Waals surface area contributed by atoms with Crippen molar-refractivity contribution in [3.05, 3.63) is 21.9 Å². The zero-order valence-electron chi connectivity index (χ0n) is 9.45. The zero-order valence-corrected chi connectivity index (χ0v) is 10.3. The van der Waals surface area contributed by atoms with Crippen LogP contribution >= 0.6 is 11.3 Å². The van der Waals surface area contributed by atoms with E-state index in [0.29, 0.717) is 12.1 Å². The summed E-state index contributed by atoms with van der Waals surface area (Å²) in [5, 5.41) is 5.74. The van der Waals surface area contributed by atoms with Gasteiger partial charge < -0.3 is 10.1 Å². The van der Waals surface area contributed by atoms with Gasteiger partial charge in [0.25, 0.3) is 0 Å². The molecule has 1 saturated carbocycles. The van der Waals surface area contributed by atoms with E-state index in [9.17, 15) is 0 Å². The van der Waals surface area contributed by atoms with Crippen LogP contribution in [0.2, 0.25) is 0 Å². The van der Waals surface area contributed by atoms with Crippen LogP contribution in [-0.4, -0.2) is 18.8 Å². The maximum absolute atomic E-state index is 5.53.